The fourth-order valence-corrected chi connectivity index (χ4v) is 2.46. The normalized spacial score (nSPS) is 10.2. The predicted molar refractivity (Wildman–Crippen MR) is 73.9 cm³/mol. The Kier molecular flexibility index (Phi) is 4.31. The second-order valence-electron chi connectivity index (χ2n) is 3.86. The molecular formula is C13H10N2O4S. The van der Waals surface area contributed by atoms with Gasteiger partial charge in [0.2, 0.25) is 0 Å². The van der Waals surface area contributed by atoms with Crippen molar-refractivity contribution < 1.29 is 14.8 Å². The molecule has 0 unspecified atom stereocenters. The first kappa shape index (κ1) is 14.0. The van der Waals surface area contributed by atoms with Crippen LogP contribution in [-0.2, 0) is 5.75 Å². The van der Waals surface area contributed by atoms with E-state index in [0.717, 1.165) is 0 Å². The number of carboxylic acids is 1. The van der Waals surface area contributed by atoms with Crippen molar-refractivity contribution in [1.82, 2.24) is 4.98 Å². The Balaban J connectivity index is 2.09. The molecule has 102 valence electrons. The van der Waals surface area contributed by atoms with Crippen LogP contribution in [0.1, 0.15) is 16.1 Å². The van der Waals surface area contributed by atoms with Gasteiger partial charge in [0.15, 0.2) is 0 Å². The molecule has 0 radical (unpaired) electrons. The third-order valence-electron chi connectivity index (χ3n) is 2.51. The summed E-state index contributed by atoms with van der Waals surface area (Å²) in [6.45, 7) is 0. The number of rotatable bonds is 5. The predicted octanol–water partition coefficient (Wildman–Crippen LogP) is 2.98. The number of hydrogen-bond donors (Lipinski definition) is 1. The van der Waals surface area contributed by atoms with E-state index in [0.29, 0.717) is 16.3 Å². The maximum Gasteiger partial charge on any atom is 0.337 e. The maximum atomic E-state index is 10.9. The minimum atomic E-state index is -1.03. The topological polar surface area (TPSA) is 93.3 Å². The van der Waals surface area contributed by atoms with Gasteiger partial charge in [-0.05, 0) is 18.2 Å². The Labute approximate surface area is 118 Å². The van der Waals surface area contributed by atoms with E-state index in [1.807, 2.05) is 0 Å². The third kappa shape index (κ3) is 3.33. The van der Waals surface area contributed by atoms with Crippen molar-refractivity contribution in [3.05, 3.63) is 64.0 Å². The van der Waals surface area contributed by atoms with Crippen LogP contribution in [0.2, 0.25) is 0 Å². The van der Waals surface area contributed by atoms with Crippen molar-refractivity contribution in [3.8, 4) is 0 Å². The van der Waals surface area contributed by atoms with Crippen LogP contribution in [0.3, 0.4) is 0 Å². The molecule has 0 aliphatic heterocycles. The maximum absolute atomic E-state index is 10.9. The number of carboxylic acid groups (broad SMARTS) is 1. The van der Waals surface area contributed by atoms with Crippen molar-refractivity contribution in [2.45, 2.75) is 10.6 Å². The van der Waals surface area contributed by atoms with Crippen molar-refractivity contribution in [2.75, 3.05) is 0 Å². The van der Waals surface area contributed by atoms with Gasteiger partial charge in [0, 0.05) is 18.0 Å². The lowest BCUT2D eigenvalue weighted by atomic mass is 10.2. The van der Waals surface area contributed by atoms with Gasteiger partial charge in [-0.3, -0.25) is 15.1 Å². The first-order chi connectivity index (χ1) is 9.58. The molecule has 0 saturated carbocycles. The van der Waals surface area contributed by atoms with E-state index >= 15 is 0 Å². The van der Waals surface area contributed by atoms with E-state index in [1.54, 1.807) is 24.3 Å². The van der Waals surface area contributed by atoms with Crippen LogP contribution >= 0.6 is 11.8 Å². The van der Waals surface area contributed by atoms with Gasteiger partial charge in [0.1, 0.15) is 0 Å². The van der Waals surface area contributed by atoms with Crippen molar-refractivity contribution in [2.24, 2.45) is 0 Å². The molecule has 0 atom stereocenters. The Bertz CT molecular complexity index is 643. The Morgan fingerprint density at radius 2 is 2.05 bits per heavy atom. The fraction of sp³-hybridized carbons (Fsp3) is 0.0769. The van der Waals surface area contributed by atoms with Gasteiger partial charge in [-0.25, -0.2) is 4.79 Å². The Morgan fingerprint density at radius 3 is 2.65 bits per heavy atom. The summed E-state index contributed by atoms with van der Waals surface area (Å²) in [6, 6.07) is 9.53. The number of nitro groups is 1. The number of nitro benzene ring substituents is 1. The molecule has 0 spiro atoms. The van der Waals surface area contributed by atoms with E-state index in [-0.39, 0.29) is 11.3 Å². The zero-order valence-corrected chi connectivity index (χ0v) is 11.0. The number of thioether (sulfide) groups is 1. The average Bonchev–Trinajstić information content (AvgIpc) is 2.45. The van der Waals surface area contributed by atoms with E-state index in [2.05, 4.69) is 4.98 Å². The summed E-state index contributed by atoms with van der Waals surface area (Å²) >= 11 is 1.29. The van der Waals surface area contributed by atoms with Crippen LogP contribution in [0.4, 0.5) is 5.69 Å². The monoisotopic (exact) mass is 290 g/mol. The summed E-state index contributed by atoms with van der Waals surface area (Å²) in [5.41, 5.74) is 0.835. The highest BCUT2D eigenvalue weighted by Gasteiger charge is 2.13. The molecule has 1 aromatic heterocycles. The number of carbonyl (C=O) groups is 1. The highest BCUT2D eigenvalue weighted by molar-refractivity contribution is 7.98. The summed E-state index contributed by atoms with van der Waals surface area (Å²) < 4.78 is 0. The molecule has 2 aromatic rings. The lowest BCUT2D eigenvalue weighted by Gasteiger charge is -2.03. The second-order valence-corrected chi connectivity index (χ2v) is 4.87. The largest absolute Gasteiger partial charge is 0.478 e. The van der Waals surface area contributed by atoms with E-state index in [9.17, 15) is 14.9 Å². The van der Waals surface area contributed by atoms with Crippen LogP contribution in [0.25, 0.3) is 0 Å². The first-order valence-electron chi connectivity index (χ1n) is 5.62. The third-order valence-corrected chi connectivity index (χ3v) is 3.61. The van der Waals surface area contributed by atoms with E-state index in [4.69, 9.17) is 5.11 Å². The number of nitrogens with zero attached hydrogens (tertiary/aromatic N) is 2. The SMILES string of the molecule is O=C(O)c1ccc(CSc2ccccc2[N+](=O)[O-])nc1. The van der Waals surface area contributed by atoms with Crippen LogP contribution in [0.5, 0.6) is 0 Å². The van der Waals surface area contributed by atoms with E-state index in [1.165, 1.54) is 30.1 Å². The number of pyridine rings is 1. The second kappa shape index (κ2) is 6.16. The number of aromatic nitrogens is 1. The van der Waals surface area contributed by atoms with Gasteiger partial charge in [-0.1, -0.05) is 12.1 Å². The summed E-state index contributed by atoms with van der Waals surface area (Å²) in [5.74, 6) is -0.597. The molecule has 6 nitrogen and oxygen atoms in total. The van der Waals surface area contributed by atoms with Gasteiger partial charge in [0.05, 0.1) is 21.1 Å². The molecule has 0 amide bonds. The molecule has 0 aliphatic rings. The molecule has 1 N–H and O–H groups in total. The molecule has 1 heterocycles. The van der Waals surface area contributed by atoms with Crippen LogP contribution in [0, 0.1) is 10.1 Å². The number of para-hydroxylation sites is 1. The van der Waals surface area contributed by atoms with Crippen molar-refractivity contribution in [1.29, 1.82) is 0 Å². The average molecular weight is 290 g/mol. The van der Waals surface area contributed by atoms with Crippen molar-refractivity contribution in [3.63, 3.8) is 0 Å². The molecule has 2 rings (SSSR count). The summed E-state index contributed by atoms with van der Waals surface area (Å²) in [5, 5.41) is 19.6. The molecule has 1 aromatic carbocycles. The summed E-state index contributed by atoms with van der Waals surface area (Å²) in [4.78, 5) is 25.7. The Morgan fingerprint density at radius 1 is 1.30 bits per heavy atom. The first-order valence-corrected chi connectivity index (χ1v) is 6.61. The van der Waals surface area contributed by atoms with Gasteiger partial charge in [-0.15, -0.1) is 11.8 Å². The minimum absolute atomic E-state index is 0.0552. The Hall–Kier alpha value is -2.41. The lowest BCUT2D eigenvalue weighted by molar-refractivity contribution is -0.387. The highest BCUT2D eigenvalue weighted by atomic mass is 32.2. The minimum Gasteiger partial charge on any atom is -0.478 e. The van der Waals surface area contributed by atoms with Crippen LogP contribution in [-0.4, -0.2) is 21.0 Å². The van der Waals surface area contributed by atoms with Gasteiger partial charge in [-0.2, -0.15) is 0 Å². The van der Waals surface area contributed by atoms with E-state index < -0.39 is 10.9 Å². The quantitative estimate of drug-likeness (QED) is 0.517. The van der Waals surface area contributed by atoms with Crippen LogP contribution < -0.4 is 0 Å². The molecule has 0 fully saturated rings. The van der Waals surface area contributed by atoms with Gasteiger partial charge in [0.25, 0.3) is 5.69 Å². The zero-order chi connectivity index (χ0) is 14.5. The molecule has 20 heavy (non-hydrogen) atoms. The molecule has 7 heteroatoms. The molecule has 0 aliphatic carbocycles. The molecule has 0 bridgehead atoms. The van der Waals surface area contributed by atoms with Gasteiger partial charge >= 0.3 is 5.97 Å². The lowest BCUT2D eigenvalue weighted by Crippen LogP contribution is -1.98. The molecule has 0 saturated heterocycles. The fourth-order valence-electron chi connectivity index (χ4n) is 1.52. The standard InChI is InChI=1S/C13H10N2O4S/c16-13(17)9-5-6-10(14-7-9)8-20-12-4-2-1-3-11(12)15(18)19/h1-7H,8H2,(H,16,17). The van der Waals surface area contributed by atoms with Crippen LogP contribution in [0.15, 0.2) is 47.5 Å². The summed E-state index contributed by atoms with van der Waals surface area (Å²) in [7, 11) is 0. The smallest absolute Gasteiger partial charge is 0.337 e. The van der Waals surface area contributed by atoms with Gasteiger partial charge < -0.3 is 5.11 Å². The summed E-state index contributed by atoms with van der Waals surface area (Å²) in [6.07, 6.45) is 1.28. The number of hydrogen-bond acceptors (Lipinski definition) is 5. The highest BCUT2D eigenvalue weighted by Crippen LogP contribution is 2.30. The van der Waals surface area contributed by atoms with Crippen molar-refractivity contribution >= 4 is 23.4 Å². The zero-order valence-electron chi connectivity index (χ0n) is 10.2. The molecular weight excluding hydrogens is 280 g/mol. The number of benzene rings is 1. The number of aromatic carboxylic acids is 1.